The van der Waals surface area contributed by atoms with Crippen LogP contribution in [-0.2, 0) is 4.43 Å². The number of hydrogen-bond acceptors (Lipinski definition) is 2. The maximum atomic E-state index is 9.10. The second kappa shape index (κ2) is 12.2. The van der Waals surface area contributed by atoms with Gasteiger partial charge in [0.05, 0.1) is 6.07 Å². The normalized spacial score (nSPS) is 13.4. The van der Waals surface area contributed by atoms with Gasteiger partial charge in [-0.3, -0.25) is 0 Å². The van der Waals surface area contributed by atoms with Crippen LogP contribution in [0.5, 0.6) is 0 Å². The highest BCUT2D eigenvalue weighted by atomic mass is 28.4. The van der Waals surface area contributed by atoms with Gasteiger partial charge in [0, 0.05) is 0 Å². The van der Waals surface area contributed by atoms with Gasteiger partial charge < -0.3 is 4.43 Å². The Labute approximate surface area is 134 Å². The van der Waals surface area contributed by atoms with E-state index >= 15 is 0 Å². The van der Waals surface area contributed by atoms with Crippen molar-refractivity contribution in [2.24, 2.45) is 5.92 Å². The van der Waals surface area contributed by atoms with Crippen LogP contribution < -0.4 is 0 Å². The standard InChI is InChI=1S/C18H37NOSi/c1-17(2)14-12-10-8-6-7-9-11-13-15-18(16-19)20-21(3,4)5/h17-18H,6-15H2,1-5H3. The largest absolute Gasteiger partial charge is 0.402 e. The number of nitrogens with zero attached hydrogens (tertiary/aromatic N) is 1. The lowest BCUT2D eigenvalue weighted by Gasteiger charge is -2.21. The molecule has 3 heteroatoms. The molecule has 0 bridgehead atoms. The Kier molecular flexibility index (Phi) is 12.0. The number of nitriles is 1. The van der Waals surface area contributed by atoms with Gasteiger partial charge in [-0.25, -0.2) is 0 Å². The summed E-state index contributed by atoms with van der Waals surface area (Å²) in [6, 6.07) is 2.31. The molecule has 124 valence electrons. The average Bonchev–Trinajstić information content (AvgIpc) is 2.37. The smallest absolute Gasteiger partial charge is 0.185 e. The Hall–Kier alpha value is -0.333. The minimum Gasteiger partial charge on any atom is -0.402 e. The van der Waals surface area contributed by atoms with E-state index in [1.165, 1.54) is 51.4 Å². The molecule has 0 aliphatic heterocycles. The van der Waals surface area contributed by atoms with Gasteiger partial charge in [-0.05, 0) is 38.4 Å². The second-order valence-electron chi connectivity index (χ2n) is 7.65. The minimum atomic E-state index is -1.57. The molecule has 0 aromatic rings. The van der Waals surface area contributed by atoms with E-state index in [9.17, 15) is 0 Å². The maximum Gasteiger partial charge on any atom is 0.185 e. The van der Waals surface area contributed by atoms with Gasteiger partial charge in [0.15, 0.2) is 8.32 Å². The van der Waals surface area contributed by atoms with Crippen LogP contribution in [0.2, 0.25) is 19.6 Å². The van der Waals surface area contributed by atoms with Crippen molar-refractivity contribution in [3.05, 3.63) is 0 Å². The van der Waals surface area contributed by atoms with Crippen LogP contribution in [0, 0.1) is 17.2 Å². The fourth-order valence-electron chi connectivity index (χ4n) is 2.52. The first-order valence-electron chi connectivity index (χ1n) is 8.92. The molecule has 1 atom stereocenters. The maximum absolute atomic E-state index is 9.10. The Morgan fingerprint density at radius 3 is 1.62 bits per heavy atom. The van der Waals surface area contributed by atoms with Gasteiger partial charge in [0.25, 0.3) is 0 Å². The van der Waals surface area contributed by atoms with E-state index in [0.29, 0.717) is 0 Å². The summed E-state index contributed by atoms with van der Waals surface area (Å²) >= 11 is 0. The van der Waals surface area contributed by atoms with Crippen molar-refractivity contribution in [1.82, 2.24) is 0 Å². The predicted molar refractivity (Wildman–Crippen MR) is 94.8 cm³/mol. The Bertz CT molecular complexity index is 278. The fourth-order valence-corrected chi connectivity index (χ4v) is 3.54. The molecule has 21 heavy (non-hydrogen) atoms. The van der Waals surface area contributed by atoms with Crippen molar-refractivity contribution in [2.45, 2.75) is 104 Å². The van der Waals surface area contributed by atoms with Crippen molar-refractivity contribution in [3.8, 4) is 6.07 Å². The molecule has 2 nitrogen and oxygen atoms in total. The highest BCUT2D eigenvalue weighted by Crippen LogP contribution is 2.15. The summed E-state index contributed by atoms with van der Waals surface area (Å²) in [6.45, 7) is 11.1. The topological polar surface area (TPSA) is 33.0 Å². The second-order valence-corrected chi connectivity index (χ2v) is 12.1. The van der Waals surface area contributed by atoms with Gasteiger partial charge >= 0.3 is 0 Å². The first-order valence-corrected chi connectivity index (χ1v) is 12.3. The molecular formula is C18H37NOSi. The Morgan fingerprint density at radius 1 is 0.810 bits per heavy atom. The molecule has 0 amide bonds. The van der Waals surface area contributed by atoms with E-state index in [0.717, 1.165) is 18.8 Å². The number of unbranched alkanes of at least 4 members (excludes halogenated alkanes) is 7. The minimum absolute atomic E-state index is 0.173. The van der Waals surface area contributed by atoms with Crippen LogP contribution in [0.15, 0.2) is 0 Å². The average molecular weight is 312 g/mol. The molecule has 0 saturated carbocycles. The van der Waals surface area contributed by atoms with Gasteiger partial charge in [-0.1, -0.05) is 65.2 Å². The van der Waals surface area contributed by atoms with Gasteiger partial charge in [0.2, 0.25) is 0 Å². The number of hydrogen-bond donors (Lipinski definition) is 0. The van der Waals surface area contributed by atoms with E-state index in [1.807, 2.05) is 0 Å². The first-order chi connectivity index (χ1) is 9.85. The van der Waals surface area contributed by atoms with E-state index in [-0.39, 0.29) is 6.10 Å². The zero-order valence-electron chi connectivity index (χ0n) is 15.1. The zero-order valence-corrected chi connectivity index (χ0v) is 16.1. The summed E-state index contributed by atoms with van der Waals surface area (Å²) in [7, 11) is -1.57. The fraction of sp³-hybridized carbons (Fsp3) is 0.944. The highest BCUT2D eigenvalue weighted by Gasteiger charge is 2.20. The molecule has 0 aromatic heterocycles. The Morgan fingerprint density at radius 2 is 1.24 bits per heavy atom. The molecule has 0 saturated heterocycles. The van der Waals surface area contributed by atoms with Gasteiger partial charge in [-0.15, -0.1) is 0 Å². The van der Waals surface area contributed by atoms with Gasteiger partial charge in [-0.2, -0.15) is 5.26 Å². The van der Waals surface area contributed by atoms with Crippen LogP contribution in [-0.4, -0.2) is 14.4 Å². The summed E-state index contributed by atoms with van der Waals surface area (Å²) in [4.78, 5) is 0. The van der Waals surface area contributed by atoms with Gasteiger partial charge in [0.1, 0.15) is 6.10 Å². The van der Waals surface area contributed by atoms with E-state index < -0.39 is 8.32 Å². The summed E-state index contributed by atoms with van der Waals surface area (Å²) in [5.74, 6) is 0.858. The first kappa shape index (κ1) is 20.7. The molecule has 0 fully saturated rings. The lowest BCUT2D eigenvalue weighted by Crippen LogP contribution is -2.31. The monoisotopic (exact) mass is 311 g/mol. The predicted octanol–water partition coefficient (Wildman–Crippen LogP) is 6.29. The van der Waals surface area contributed by atoms with Crippen LogP contribution in [0.4, 0.5) is 0 Å². The van der Waals surface area contributed by atoms with Crippen molar-refractivity contribution < 1.29 is 4.43 Å². The molecule has 0 aromatic carbocycles. The molecular weight excluding hydrogens is 274 g/mol. The quantitative estimate of drug-likeness (QED) is 0.296. The summed E-state index contributed by atoms with van der Waals surface area (Å²) in [5.41, 5.74) is 0. The molecule has 0 aliphatic carbocycles. The lowest BCUT2D eigenvalue weighted by atomic mass is 10.0. The third kappa shape index (κ3) is 15.9. The van der Waals surface area contributed by atoms with E-state index in [2.05, 4.69) is 39.6 Å². The Balaban J connectivity index is 3.37. The highest BCUT2D eigenvalue weighted by molar-refractivity contribution is 6.69. The van der Waals surface area contributed by atoms with Crippen LogP contribution in [0.25, 0.3) is 0 Å². The van der Waals surface area contributed by atoms with E-state index in [1.54, 1.807) is 0 Å². The molecule has 0 aliphatic rings. The van der Waals surface area contributed by atoms with Crippen LogP contribution in [0.3, 0.4) is 0 Å². The van der Waals surface area contributed by atoms with Crippen molar-refractivity contribution >= 4 is 8.32 Å². The third-order valence-corrected chi connectivity index (χ3v) is 4.63. The van der Waals surface area contributed by atoms with Crippen molar-refractivity contribution in [3.63, 3.8) is 0 Å². The number of rotatable bonds is 13. The lowest BCUT2D eigenvalue weighted by molar-refractivity contribution is 0.233. The molecule has 0 heterocycles. The molecule has 0 radical (unpaired) electrons. The molecule has 1 unspecified atom stereocenters. The third-order valence-electron chi connectivity index (χ3n) is 3.64. The van der Waals surface area contributed by atoms with Crippen molar-refractivity contribution in [2.75, 3.05) is 0 Å². The zero-order chi connectivity index (χ0) is 16.1. The summed E-state index contributed by atoms with van der Waals surface area (Å²) in [6.07, 6.45) is 12.7. The van der Waals surface area contributed by atoms with Crippen molar-refractivity contribution in [1.29, 1.82) is 5.26 Å². The molecule has 0 rings (SSSR count). The molecule has 0 spiro atoms. The summed E-state index contributed by atoms with van der Waals surface area (Å²) in [5, 5.41) is 9.10. The van der Waals surface area contributed by atoms with Crippen LogP contribution >= 0.6 is 0 Å². The SMILES string of the molecule is CC(C)CCCCCCCCCCC(C#N)O[Si](C)(C)C. The summed E-state index contributed by atoms with van der Waals surface area (Å²) < 4.78 is 5.86. The molecule has 0 N–H and O–H groups in total. The van der Waals surface area contributed by atoms with E-state index in [4.69, 9.17) is 9.69 Å². The van der Waals surface area contributed by atoms with Crippen LogP contribution in [0.1, 0.15) is 78.1 Å².